The summed E-state index contributed by atoms with van der Waals surface area (Å²) in [7, 11) is 0. The Hall–Kier alpha value is -1.68. The second kappa shape index (κ2) is 7.20. The van der Waals surface area contributed by atoms with Crippen LogP contribution in [-0.4, -0.2) is 21.7 Å². The van der Waals surface area contributed by atoms with Gasteiger partial charge in [0.05, 0.1) is 12.3 Å². The predicted molar refractivity (Wildman–Crippen MR) is 83.5 cm³/mol. The van der Waals surface area contributed by atoms with E-state index in [2.05, 4.69) is 9.97 Å². The van der Waals surface area contributed by atoms with Crippen molar-refractivity contribution in [3.63, 3.8) is 0 Å². The number of aromatic nitrogens is 2. The van der Waals surface area contributed by atoms with E-state index in [0.29, 0.717) is 11.3 Å². The molecule has 0 radical (unpaired) electrons. The summed E-state index contributed by atoms with van der Waals surface area (Å²) in [5, 5.41) is 9.20. The summed E-state index contributed by atoms with van der Waals surface area (Å²) in [6, 6.07) is 9.80. The van der Waals surface area contributed by atoms with Crippen molar-refractivity contribution in [3.8, 4) is 0 Å². The molecule has 2 aromatic rings. The molecule has 0 saturated carbocycles. The van der Waals surface area contributed by atoms with Crippen molar-refractivity contribution in [2.24, 2.45) is 0 Å². The van der Waals surface area contributed by atoms with Crippen LogP contribution >= 0.6 is 23.2 Å². The van der Waals surface area contributed by atoms with Crippen molar-refractivity contribution in [3.05, 3.63) is 63.7 Å². The first-order valence-corrected chi connectivity index (χ1v) is 6.70. The smallest absolute Gasteiger partial charge is 0.224 e. The van der Waals surface area contributed by atoms with E-state index in [0.717, 1.165) is 5.56 Å². The van der Waals surface area contributed by atoms with Crippen LogP contribution in [0.4, 0.5) is 0 Å². The van der Waals surface area contributed by atoms with Crippen molar-refractivity contribution in [2.45, 2.75) is 0 Å². The van der Waals surface area contributed by atoms with Crippen LogP contribution in [0.3, 0.4) is 0 Å². The second-order valence-corrected chi connectivity index (χ2v) is 4.61. The summed E-state index contributed by atoms with van der Waals surface area (Å²) >= 11 is 11.9. The zero-order chi connectivity index (χ0) is 14.4. The van der Waals surface area contributed by atoms with Crippen LogP contribution in [0.2, 0.25) is 10.4 Å². The minimum Gasteiger partial charge on any atom is -0.392 e. The third kappa shape index (κ3) is 3.90. The number of benzene rings is 1. The molecule has 2 rings (SSSR count). The lowest BCUT2D eigenvalue weighted by Gasteiger charge is -2.03. The fraction of sp³-hybridized carbons (Fsp3) is 0.0667. The maximum Gasteiger partial charge on any atom is 0.224 e. The van der Waals surface area contributed by atoms with Gasteiger partial charge in [0.25, 0.3) is 0 Å². The van der Waals surface area contributed by atoms with Gasteiger partial charge >= 0.3 is 0 Å². The van der Waals surface area contributed by atoms with Crippen molar-refractivity contribution >= 4 is 41.4 Å². The van der Waals surface area contributed by atoms with Crippen molar-refractivity contribution < 1.29 is 5.11 Å². The first-order valence-electron chi connectivity index (χ1n) is 5.94. The van der Waals surface area contributed by atoms with E-state index in [-0.39, 0.29) is 17.0 Å². The first kappa shape index (κ1) is 14.7. The maximum absolute atomic E-state index is 8.86. The third-order valence-electron chi connectivity index (χ3n) is 2.52. The minimum absolute atomic E-state index is 0.0825. The van der Waals surface area contributed by atoms with Gasteiger partial charge in [-0.15, -0.1) is 0 Å². The molecule has 20 heavy (non-hydrogen) atoms. The van der Waals surface area contributed by atoms with Crippen LogP contribution in [0.5, 0.6) is 0 Å². The number of halogens is 2. The Kier molecular flexibility index (Phi) is 5.30. The summed E-state index contributed by atoms with van der Waals surface area (Å²) in [4.78, 5) is 8.05. The zero-order valence-electron chi connectivity index (χ0n) is 10.5. The van der Waals surface area contributed by atoms with Crippen LogP contribution < -0.4 is 0 Å². The van der Waals surface area contributed by atoms with E-state index >= 15 is 0 Å². The van der Waals surface area contributed by atoms with E-state index in [1.807, 2.05) is 42.5 Å². The van der Waals surface area contributed by atoms with E-state index in [9.17, 15) is 0 Å². The molecule has 0 fully saturated rings. The van der Waals surface area contributed by atoms with Crippen LogP contribution in [0.15, 0.2) is 36.4 Å². The second-order valence-electron chi connectivity index (χ2n) is 3.91. The van der Waals surface area contributed by atoms with Gasteiger partial charge in [0.2, 0.25) is 5.28 Å². The van der Waals surface area contributed by atoms with Crippen molar-refractivity contribution in [1.82, 2.24) is 9.97 Å². The molecule has 0 aliphatic rings. The van der Waals surface area contributed by atoms with Crippen LogP contribution in [-0.2, 0) is 0 Å². The van der Waals surface area contributed by atoms with E-state index in [1.165, 1.54) is 0 Å². The van der Waals surface area contributed by atoms with E-state index < -0.39 is 0 Å². The summed E-state index contributed by atoms with van der Waals surface area (Å²) < 4.78 is 0. The highest BCUT2D eigenvalue weighted by Gasteiger charge is 2.07. The fourth-order valence-corrected chi connectivity index (χ4v) is 2.08. The van der Waals surface area contributed by atoms with Crippen LogP contribution in [0.25, 0.3) is 18.2 Å². The number of aliphatic hydroxyl groups excluding tert-OH is 1. The zero-order valence-corrected chi connectivity index (χ0v) is 12.0. The Morgan fingerprint density at radius 3 is 2.45 bits per heavy atom. The summed E-state index contributed by atoms with van der Waals surface area (Å²) in [6.07, 6.45) is 6.96. The molecule has 5 heteroatoms. The molecule has 0 unspecified atom stereocenters. The average molecular weight is 307 g/mol. The van der Waals surface area contributed by atoms with Crippen LogP contribution in [0, 0.1) is 0 Å². The van der Waals surface area contributed by atoms with Crippen molar-refractivity contribution in [2.75, 3.05) is 6.61 Å². The van der Waals surface area contributed by atoms with Gasteiger partial charge in [-0.3, -0.25) is 0 Å². The highest BCUT2D eigenvalue weighted by atomic mass is 35.5. The Labute approximate surface area is 127 Å². The van der Waals surface area contributed by atoms with Gasteiger partial charge in [0.1, 0.15) is 5.15 Å². The fourth-order valence-electron chi connectivity index (χ4n) is 1.62. The molecular formula is C15H12Cl2N2O. The quantitative estimate of drug-likeness (QED) is 0.687. The molecule has 1 N–H and O–H groups in total. The third-order valence-corrected chi connectivity index (χ3v) is 2.98. The Bertz CT molecular complexity index is 640. The molecule has 1 aromatic carbocycles. The summed E-state index contributed by atoms with van der Waals surface area (Å²) in [6.45, 7) is -0.0825. The highest BCUT2D eigenvalue weighted by Crippen LogP contribution is 2.22. The van der Waals surface area contributed by atoms with Crippen molar-refractivity contribution in [1.29, 1.82) is 0 Å². The molecule has 0 spiro atoms. The average Bonchev–Trinajstić information content (AvgIpc) is 2.45. The molecule has 0 aliphatic carbocycles. The molecule has 0 bridgehead atoms. The Morgan fingerprint density at radius 2 is 1.75 bits per heavy atom. The number of nitrogens with zero attached hydrogens (tertiary/aromatic N) is 2. The lowest BCUT2D eigenvalue weighted by Crippen LogP contribution is -1.93. The van der Waals surface area contributed by atoms with E-state index in [4.69, 9.17) is 28.3 Å². The summed E-state index contributed by atoms with van der Waals surface area (Å²) in [5.41, 5.74) is 2.26. The predicted octanol–water partition coefficient (Wildman–Crippen LogP) is 3.96. The van der Waals surface area contributed by atoms with Gasteiger partial charge in [-0.05, 0) is 23.2 Å². The molecule has 0 aliphatic heterocycles. The topological polar surface area (TPSA) is 46.0 Å². The van der Waals surface area contributed by atoms with Gasteiger partial charge in [-0.2, -0.15) is 0 Å². The lowest BCUT2D eigenvalue weighted by molar-refractivity contribution is 0.343. The molecule has 102 valence electrons. The Balaban J connectivity index is 2.39. The minimum atomic E-state index is -0.0825. The van der Waals surface area contributed by atoms with Gasteiger partial charge in [-0.1, -0.05) is 60.2 Å². The molecule has 1 aromatic heterocycles. The van der Waals surface area contributed by atoms with E-state index in [1.54, 1.807) is 12.2 Å². The maximum atomic E-state index is 8.86. The normalized spacial score (nSPS) is 11.6. The van der Waals surface area contributed by atoms with Gasteiger partial charge in [0, 0.05) is 5.56 Å². The standard InChI is InChI=1S/C15H12Cl2N2O/c16-14-12(7-4-10-20)13(18-15(17)19-14)9-8-11-5-2-1-3-6-11/h1-9,20H,10H2. The lowest BCUT2D eigenvalue weighted by atomic mass is 10.1. The Morgan fingerprint density at radius 1 is 1.00 bits per heavy atom. The molecule has 0 saturated heterocycles. The highest BCUT2D eigenvalue weighted by molar-refractivity contribution is 6.33. The first-order chi connectivity index (χ1) is 9.70. The molecular weight excluding hydrogens is 295 g/mol. The largest absolute Gasteiger partial charge is 0.392 e. The van der Waals surface area contributed by atoms with Crippen LogP contribution in [0.1, 0.15) is 16.8 Å². The number of hydrogen-bond donors (Lipinski definition) is 1. The molecule has 0 amide bonds. The molecule has 3 nitrogen and oxygen atoms in total. The SMILES string of the molecule is OCC=Cc1c(Cl)nc(Cl)nc1C=Cc1ccccc1. The van der Waals surface area contributed by atoms with Gasteiger partial charge in [0.15, 0.2) is 0 Å². The van der Waals surface area contributed by atoms with Gasteiger partial charge in [-0.25, -0.2) is 9.97 Å². The molecule has 1 heterocycles. The number of rotatable bonds is 4. The monoisotopic (exact) mass is 306 g/mol. The van der Waals surface area contributed by atoms with Gasteiger partial charge < -0.3 is 5.11 Å². The number of hydrogen-bond acceptors (Lipinski definition) is 3. The number of aliphatic hydroxyl groups is 1. The summed E-state index contributed by atoms with van der Waals surface area (Å²) in [5.74, 6) is 0. The molecule has 0 atom stereocenters.